The average molecular weight is 343 g/mol. The van der Waals surface area contributed by atoms with E-state index in [4.69, 9.17) is 4.74 Å². The minimum Gasteiger partial charge on any atom is -0.497 e. The van der Waals surface area contributed by atoms with Crippen LogP contribution in [0.5, 0.6) is 5.75 Å². The number of rotatable bonds is 6. The first-order valence-corrected chi connectivity index (χ1v) is 7.89. The Bertz CT molecular complexity index is 853. The molecule has 0 atom stereocenters. The molecule has 0 aliphatic rings. The van der Waals surface area contributed by atoms with Crippen molar-refractivity contribution in [1.82, 2.24) is 25.0 Å². The number of aromatic carboxylic acids is 1. The van der Waals surface area contributed by atoms with Crippen molar-refractivity contribution in [2.75, 3.05) is 7.11 Å². The zero-order chi connectivity index (χ0) is 16.9. The van der Waals surface area contributed by atoms with Gasteiger partial charge in [0.1, 0.15) is 5.75 Å². The molecule has 0 amide bonds. The molecule has 9 heteroatoms. The van der Waals surface area contributed by atoms with Crippen molar-refractivity contribution < 1.29 is 14.6 Å². The molecular formula is C15H13N5O3S. The lowest BCUT2D eigenvalue weighted by molar-refractivity contribution is 0.0689. The molecule has 1 N–H and O–H groups in total. The topological polar surface area (TPSA) is 103 Å². The third-order valence-corrected chi connectivity index (χ3v) is 4.03. The zero-order valence-electron chi connectivity index (χ0n) is 12.7. The van der Waals surface area contributed by atoms with E-state index in [1.807, 2.05) is 0 Å². The Morgan fingerprint density at radius 3 is 2.79 bits per heavy atom. The van der Waals surface area contributed by atoms with Gasteiger partial charge in [0, 0.05) is 24.2 Å². The lowest BCUT2D eigenvalue weighted by atomic mass is 10.3. The molecule has 0 fully saturated rings. The molecule has 0 aliphatic carbocycles. The average Bonchev–Trinajstić information content (AvgIpc) is 3.05. The summed E-state index contributed by atoms with van der Waals surface area (Å²) in [5, 5.41) is 17.6. The van der Waals surface area contributed by atoms with Gasteiger partial charge < -0.3 is 9.84 Å². The highest BCUT2D eigenvalue weighted by Crippen LogP contribution is 2.24. The second-order valence-corrected chi connectivity index (χ2v) is 5.57. The summed E-state index contributed by atoms with van der Waals surface area (Å²) >= 11 is 1.31. The molecule has 122 valence electrons. The molecule has 0 saturated heterocycles. The first-order chi connectivity index (χ1) is 11.7. The smallest absolute Gasteiger partial charge is 0.358 e. The number of ether oxygens (including phenoxy) is 1. The maximum atomic E-state index is 11.4. The molecule has 2 aromatic heterocycles. The van der Waals surface area contributed by atoms with Gasteiger partial charge in [-0.25, -0.2) is 19.4 Å². The first kappa shape index (κ1) is 15.9. The van der Waals surface area contributed by atoms with E-state index in [0.717, 1.165) is 0 Å². The van der Waals surface area contributed by atoms with E-state index in [1.54, 1.807) is 49.8 Å². The van der Waals surface area contributed by atoms with Crippen LogP contribution in [0.1, 0.15) is 16.2 Å². The van der Waals surface area contributed by atoms with E-state index in [2.05, 4.69) is 20.3 Å². The van der Waals surface area contributed by atoms with Gasteiger partial charge in [0.15, 0.2) is 10.9 Å². The summed E-state index contributed by atoms with van der Waals surface area (Å²) in [6.07, 6.45) is 3.26. The molecule has 2 heterocycles. The van der Waals surface area contributed by atoms with E-state index in [9.17, 15) is 9.90 Å². The highest BCUT2D eigenvalue weighted by molar-refractivity contribution is 7.98. The predicted octanol–water partition coefficient (Wildman–Crippen LogP) is 2.06. The second kappa shape index (κ2) is 7.09. The number of hydrogen-bond donors (Lipinski definition) is 1. The molecule has 0 saturated carbocycles. The van der Waals surface area contributed by atoms with Crippen LogP contribution >= 0.6 is 11.8 Å². The van der Waals surface area contributed by atoms with E-state index < -0.39 is 5.97 Å². The summed E-state index contributed by atoms with van der Waals surface area (Å²) < 4.78 is 6.68. The van der Waals surface area contributed by atoms with Crippen molar-refractivity contribution in [2.24, 2.45) is 0 Å². The van der Waals surface area contributed by atoms with Crippen molar-refractivity contribution in [3.05, 3.63) is 54.1 Å². The molecule has 1 aromatic carbocycles. The standard InChI is InChI=1S/C15H13N5O3S/c1-23-11-5-2-4-10(8-11)20-12(13(14(21)22)18-19-20)9-24-15-16-6-3-7-17-15/h2-8H,9H2,1H3,(H,21,22). The molecule has 3 rings (SSSR count). The third kappa shape index (κ3) is 3.35. The Kier molecular flexibility index (Phi) is 4.71. The second-order valence-electron chi connectivity index (χ2n) is 4.62. The minimum atomic E-state index is -1.13. The summed E-state index contributed by atoms with van der Waals surface area (Å²) in [4.78, 5) is 19.7. The highest BCUT2D eigenvalue weighted by Gasteiger charge is 2.20. The van der Waals surface area contributed by atoms with Crippen molar-refractivity contribution in [3.63, 3.8) is 0 Å². The van der Waals surface area contributed by atoms with Crippen LogP contribution in [0, 0.1) is 0 Å². The molecule has 3 aromatic rings. The normalized spacial score (nSPS) is 10.5. The molecular weight excluding hydrogens is 330 g/mol. The summed E-state index contributed by atoms with van der Waals surface area (Å²) in [5.74, 6) is -0.172. The number of hydrogen-bond acceptors (Lipinski definition) is 7. The Balaban J connectivity index is 1.96. The molecule has 24 heavy (non-hydrogen) atoms. The van der Waals surface area contributed by atoms with Gasteiger partial charge >= 0.3 is 5.97 Å². The zero-order valence-corrected chi connectivity index (χ0v) is 13.5. The largest absolute Gasteiger partial charge is 0.497 e. The van der Waals surface area contributed by atoms with Crippen LogP contribution in [0.25, 0.3) is 5.69 Å². The Morgan fingerprint density at radius 2 is 2.08 bits per heavy atom. The fourth-order valence-electron chi connectivity index (χ4n) is 2.04. The summed E-state index contributed by atoms with van der Waals surface area (Å²) in [5.41, 5.74) is 1.02. The van der Waals surface area contributed by atoms with Gasteiger partial charge in [0.2, 0.25) is 0 Å². The van der Waals surface area contributed by atoms with Gasteiger partial charge in [-0.3, -0.25) is 0 Å². The highest BCUT2D eigenvalue weighted by atomic mass is 32.2. The molecule has 8 nitrogen and oxygen atoms in total. The van der Waals surface area contributed by atoms with E-state index in [1.165, 1.54) is 16.4 Å². The monoisotopic (exact) mass is 343 g/mol. The van der Waals surface area contributed by atoms with Crippen LogP contribution in [0.3, 0.4) is 0 Å². The van der Waals surface area contributed by atoms with Gasteiger partial charge in [-0.2, -0.15) is 0 Å². The van der Waals surface area contributed by atoms with Crippen molar-refractivity contribution in [3.8, 4) is 11.4 Å². The number of methoxy groups -OCH3 is 1. The number of nitrogens with zero attached hydrogens (tertiary/aromatic N) is 5. The third-order valence-electron chi connectivity index (χ3n) is 3.14. The predicted molar refractivity (Wildman–Crippen MR) is 86.5 cm³/mol. The van der Waals surface area contributed by atoms with Crippen LogP contribution in [-0.4, -0.2) is 43.1 Å². The number of carbonyl (C=O) groups is 1. The van der Waals surface area contributed by atoms with E-state index in [0.29, 0.717) is 28.0 Å². The Morgan fingerprint density at radius 1 is 1.29 bits per heavy atom. The number of carboxylic acids is 1. The fourth-order valence-corrected chi connectivity index (χ4v) is 2.84. The van der Waals surface area contributed by atoms with Crippen LogP contribution in [0.4, 0.5) is 0 Å². The number of carboxylic acid groups (broad SMARTS) is 1. The lowest BCUT2D eigenvalue weighted by Crippen LogP contribution is -2.06. The van der Waals surface area contributed by atoms with Crippen molar-refractivity contribution >= 4 is 17.7 Å². The van der Waals surface area contributed by atoms with Gasteiger partial charge in [0.05, 0.1) is 18.5 Å². The molecule has 0 bridgehead atoms. The van der Waals surface area contributed by atoms with Gasteiger partial charge in [-0.05, 0) is 18.2 Å². The van der Waals surface area contributed by atoms with E-state index >= 15 is 0 Å². The van der Waals surface area contributed by atoms with Gasteiger partial charge in [-0.15, -0.1) is 5.10 Å². The maximum Gasteiger partial charge on any atom is 0.358 e. The quantitative estimate of drug-likeness (QED) is 0.536. The minimum absolute atomic E-state index is 0.0961. The van der Waals surface area contributed by atoms with E-state index in [-0.39, 0.29) is 5.69 Å². The summed E-state index contributed by atoms with van der Waals surface area (Å²) in [6.45, 7) is 0. The molecule has 0 unspecified atom stereocenters. The fraction of sp³-hybridized carbons (Fsp3) is 0.133. The number of thioether (sulfide) groups is 1. The van der Waals surface area contributed by atoms with Crippen LogP contribution < -0.4 is 4.74 Å². The van der Waals surface area contributed by atoms with Crippen LogP contribution in [0.2, 0.25) is 0 Å². The SMILES string of the molecule is COc1cccc(-n2nnc(C(=O)O)c2CSc2ncccn2)c1. The molecule has 0 spiro atoms. The molecule has 0 aliphatic heterocycles. The van der Waals surface area contributed by atoms with Gasteiger partial charge in [0.25, 0.3) is 0 Å². The maximum absolute atomic E-state index is 11.4. The summed E-state index contributed by atoms with van der Waals surface area (Å²) in [7, 11) is 1.56. The number of aromatic nitrogens is 5. The van der Waals surface area contributed by atoms with Crippen LogP contribution in [0.15, 0.2) is 47.9 Å². The van der Waals surface area contributed by atoms with Gasteiger partial charge in [-0.1, -0.05) is 23.0 Å². The first-order valence-electron chi connectivity index (χ1n) is 6.91. The summed E-state index contributed by atoms with van der Waals surface area (Å²) in [6, 6.07) is 8.87. The Hall–Kier alpha value is -2.94. The van der Waals surface area contributed by atoms with Crippen LogP contribution in [-0.2, 0) is 5.75 Å². The number of benzene rings is 1. The van der Waals surface area contributed by atoms with Crippen molar-refractivity contribution in [2.45, 2.75) is 10.9 Å². The van der Waals surface area contributed by atoms with Crippen molar-refractivity contribution in [1.29, 1.82) is 0 Å². The lowest BCUT2D eigenvalue weighted by Gasteiger charge is -2.08. The molecule has 0 radical (unpaired) electrons. The Labute approximate surface area is 141 Å².